The third kappa shape index (κ3) is 67.5. The summed E-state index contributed by atoms with van der Waals surface area (Å²) in [4.78, 5) is 38.5. The lowest BCUT2D eigenvalue weighted by Gasteiger charge is -2.18. The summed E-state index contributed by atoms with van der Waals surface area (Å²) in [5.41, 5.74) is 0. The molecule has 0 bridgehead atoms. The molecule has 0 radical (unpaired) electrons. The Kier molecular flexibility index (Phi) is 66.6. The highest BCUT2D eigenvalue weighted by Crippen LogP contribution is 2.17. The van der Waals surface area contributed by atoms with Gasteiger partial charge in [-0.2, -0.15) is 0 Å². The molecule has 470 valence electrons. The fourth-order valence-electron chi connectivity index (χ4n) is 10.3. The molecule has 0 amide bonds. The highest BCUT2D eigenvalue weighted by molar-refractivity contribution is 5.71. The zero-order valence-corrected chi connectivity index (χ0v) is 54.1. The normalized spacial score (nSPS) is 12.5. The van der Waals surface area contributed by atoms with Gasteiger partial charge in [0.15, 0.2) is 6.10 Å². The van der Waals surface area contributed by atoms with Gasteiger partial charge >= 0.3 is 17.9 Å². The summed E-state index contributed by atoms with van der Waals surface area (Å²) in [5, 5.41) is 0. The van der Waals surface area contributed by atoms with Crippen molar-refractivity contribution >= 4 is 17.9 Å². The van der Waals surface area contributed by atoms with E-state index in [1.54, 1.807) is 0 Å². The monoisotopic (exact) mass is 1130 g/mol. The number of unbranched alkanes of at least 4 members (excludes halogenated alkanes) is 42. The molecular formula is C75H134O6. The van der Waals surface area contributed by atoms with Gasteiger partial charge in [0.2, 0.25) is 0 Å². The molecule has 0 spiro atoms. The Balaban J connectivity index is 4.36. The molecule has 0 fully saturated rings. The Labute approximate surface area is 503 Å². The minimum absolute atomic E-state index is 0.0804. The van der Waals surface area contributed by atoms with E-state index in [4.69, 9.17) is 14.2 Å². The maximum Gasteiger partial charge on any atom is 0.306 e. The summed E-state index contributed by atoms with van der Waals surface area (Å²) < 4.78 is 17.0. The van der Waals surface area contributed by atoms with Gasteiger partial charge in [-0.25, -0.2) is 0 Å². The summed E-state index contributed by atoms with van der Waals surface area (Å²) in [7, 11) is 0. The summed E-state index contributed by atoms with van der Waals surface area (Å²) in [5.74, 6) is -0.878. The van der Waals surface area contributed by atoms with Gasteiger partial charge in [0.1, 0.15) is 13.2 Å². The van der Waals surface area contributed by atoms with Gasteiger partial charge in [-0.3, -0.25) is 14.4 Å². The second-order valence-electron chi connectivity index (χ2n) is 23.8. The molecule has 0 saturated heterocycles. The van der Waals surface area contributed by atoms with Gasteiger partial charge in [0.25, 0.3) is 0 Å². The molecule has 81 heavy (non-hydrogen) atoms. The zero-order valence-electron chi connectivity index (χ0n) is 54.1. The van der Waals surface area contributed by atoms with Crippen LogP contribution in [0.4, 0.5) is 0 Å². The number of hydrogen-bond acceptors (Lipinski definition) is 6. The van der Waals surface area contributed by atoms with Gasteiger partial charge < -0.3 is 14.2 Å². The fraction of sp³-hybridized carbons (Fsp3) is 0.800. The lowest BCUT2D eigenvalue weighted by atomic mass is 10.0. The van der Waals surface area contributed by atoms with E-state index in [-0.39, 0.29) is 31.1 Å². The van der Waals surface area contributed by atoms with Crippen LogP contribution < -0.4 is 0 Å². The molecule has 6 nitrogen and oxygen atoms in total. The summed E-state index contributed by atoms with van der Waals surface area (Å²) in [6.45, 7) is 6.65. The van der Waals surface area contributed by atoms with Gasteiger partial charge in [-0.15, -0.1) is 0 Å². The molecule has 0 aromatic heterocycles. The summed E-state index contributed by atoms with van der Waals surface area (Å²) in [6.07, 6.45) is 90.6. The average molecular weight is 1130 g/mol. The van der Waals surface area contributed by atoms with E-state index in [1.807, 2.05) is 0 Å². The number of allylic oxidation sites excluding steroid dienone is 12. The van der Waals surface area contributed by atoms with Crippen LogP contribution in [0, 0.1) is 0 Å². The lowest BCUT2D eigenvalue weighted by Crippen LogP contribution is -2.30. The van der Waals surface area contributed by atoms with E-state index in [0.29, 0.717) is 19.3 Å². The number of carbonyl (C=O) groups excluding carboxylic acids is 3. The Morgan fingerprint density at radius 3 is 0.704 bits per heavy atom. The van der Waals surface area contributed by atoms with Crippen molar-refractivity contribution < 1.29 is 28.6 Å². The van der Waals surface area contributed by atoms with Gasteiger partial charge in [0.05, 0.1) is 0 Å². The predicted molar refractivity (Wildman–Crippen MR) is 353 cm³/mol. The number of hydrogen-bond donors (Lipinski definition) is 0. The third-order valence-electron chi connectivity index (χ3n) is 15.7. The maximum atomic E-state index is 13.0. The molecule has 0 aliphatic rings. The summed E-state index contributed by atoms with van der Waals surface area (Å²) in [6, 6.07) is 0. The molecule has 0 N–H and O–H groups in total. The Bertz CT molecular complexity index is 1490. The largest absolute Gasteiger partial charge is 0.462 e. The van der Waals surface area contributed by atoms with Crippen molar-refractivity contribution in [2.24, 2.45) is 0 Å². The van der Waals surface area contributed by atoms with Gasteiger partial charge in [-0.1, -0.05) is 306 Å². The Hall–Kier alpha value is -3.15. The van der Waals surface area contributed by atoms with Crippen molar-refractivity contribution in [2.45, 2.75) is 374 Å². The van der Waals surface area contributed by atoms with Crippen molar-refractivity contribution in [3.63, 3.8) is 0 Å². The minimum Gasteiger partial charge on any atom is -0.462 e. The topological polar surface area (TPSA) is 78.9 Å². The SMILES string of the molecule is CCCCCCC/C=C\C/C=C\C/C=C\CCCCCCCCC(=O)OC(COC(=O)CCCCCCCCC/C=C\CCCCCCCC)COC(=O)CCCCCCCCCCCCCCC/C=C\C/C=C\CCCCCCC. The predicted octanol–water partition coefficient (Wildman–Crippen LogP) is 24.4. The average Bonchev–Trinajstić information content (AvgIpc) is 3.47. The highest BCUT2D eigenvalue weighted by Gasteiger charge is 2.19. The summed E-state index contributed by atoms with van der Waals surface area (Å²) >= 11 is 0. The highest BCUT2D eigenvalue weighted by atomic mass is 16.6. The maximum absolute atomic E-state index is 13.0. The van der Waals surface area contributed by atoms with Crippen molar-refractivity contribution in [2.75, 3.05) is 13.2 Å². The van der Waals surface area contributed by atoms with Crippen LogP contribution in [-0.4, -0.2) is 37.2 Å². The van der Waals surface area contributed by atoms with Crippen LogP contribution in [0.25, 0.3) is 0 Å². The quantitative estimate of drug-likeness (QED) is 0.0261. The van der Waals surface area contributed by atoms with E-state index in [1.165, 1.54) is 238 Å². The molecular weight excluding hydrogens is 997 g/mol. The number of rotatable bonds is 65. The molecule has 6 heteroatoms. The van der Waals surface area contributed by atoms with Crippen molar-refractivity contribution in [1.29, 1.82) is 0 Å². The van der Waals surface area contributed by atoms with Crippen LogP contribution >= 0.6 is 0 Å². The first-order valence-electron chi connectivity index (χ1n) is 35.4. The second-order valence-corrected chi connectivity index (χ2v) is 23.8. The van der Waals surface area contributed by atoms with E-state index in [2.05, 4.69) is 93.7 Å². The second kappa shape index (κ2) is 69.3. The first-order valence-corrected chi connectivity index (χ1v) is 35.4. The molecule has 0 aromatic carbocycles. The van der Waals surface area contributed by atoms with E-state index in [0.717, 1.165) is 89.9 Å². The lowest BCUT2D eigenvalue weighted by molar-refractivity contribution is -0.167. The van der Waals surface area contributed by atoms with Crippen molar-refractivity contribution in [1.82, 2.24) is 0 Å². The van der Waals surface area contributed by atoms with Crippen LogP contribution in [0.3, 0.4) is 0 Å². The number of ether oxygens (including phenoxy) is 3. The van der Waals surface area contributed by atoms with E-state index >= 15 is 0 Å². The fourth-order valence-corrected chi connectivity index (χ4v) is 10.3. The molecule has 1 unspecified atom stereocenters. The third-order valence-corrected chi connectivity index (χ3v) is 15.7. The zero-order chi connectivity index (χ0) is 58.5. The minimum atomic E-state index is -0.786. The molecule has 0 saturated carbocycles. The van der Waals surface area contributed by atoms with Crippen molar-refractivity contribution in [3.8, 4) is 0 Å². The van der Waals surface area contributed by atoms with Crippen LogP contribution in [-0.2, 0) is 28.6 Å². The van der Waals surface area contributed by atoms with Crippen LogP contribution in [0.2, 0.25) is 0 Å². The van der Waals surface area contributed by atoms with Crippen LogP contribution in [0.5, 0.6) is 0 Å². The van der Waals surface area contributed by atoms with Gasteiger partial charge in [-0.05, 0) is 116 Å². The first kappa shape index (κ1) is 77.9. The number of carbonyl (C=O) groups is 3. The number of esters is 3. The molecule has 0 aromatic rings. The molecule has 0 aliphatic heterocycles. The molecule has 0 heterocycles. The van der Waals surface area contributed by atoms with Gasteiger partial charge in [0, 0.05) is 19.3 Å². The smallest absolute Gasteiger partial charge is 0.306 e. The van der Waals surface area contributed by atoms with Crippen LogP contribution in [0.1, 0.15) is 367 Å². The van der Waals surface area contributed by atoms with E-state index in [9.17, 15) is 14.4 Å². The molecule has 0 aliphatic carbocycles. The Morgan fingerprint density at radius 1 is 0.247 bits per heavy atom. The Morgan fingerprint density at radius 2 is 0.444 bits per heavy atom. The van der Waals surface area contributed by atoms with Crippen molar-refractivity contribution in [3.05, 3.63) is 72.9 Å². The molecule has 0 rings (SSSR count). The standard InChI is InChI=1S/C75H134O6/c1-4-7-10-13-16-19-22-25-28-31-33-35-36-37-38-40-41-44-47-50-53-56-59-62-65-68-74(77)80-71-72(70-79-73(76)67-64-61-58-55-52-49-46-43-30-27-24-21-18-15-12-9-6-3)81-75(78)69-66-63-60-57-54-51-48-45-42-39-34-32-29-26-23-20-17-14-11-8-5-2/h22-23,25-27,30-34,42,45,72H,4-21,24,28-29,35-41,43-44,46-71H2,1-3H3/b25-22-,26-23-,30-27-,33-31-,34-32-,45-42-. The first-order chi connectivity index (χ1) is 40.0. The van der Waals surface area contributed by atoms with Crippen LogP contribution in [0.15, 0.2) is 72.9 Å². The van der Waals surface area contributed by atoms with E-state index < -0.39 is 6.10 Å². The molecule has 1 atom stereocenters.